The van der Waals surface area contributed by atoms with Gasteiger partial charge in [-0.15, -0.1) is 11.8 Å². The van der Waals surface area contributed by atoms with Crippen molar-refractivity contribution in [2.45, 2.75) is 43.5 Å². The fraction of sp³-hybridized carbons (Fsp3) is 0.364. The summed E-state index contributed by atoms with van der Waals surface area (Å²) >= 11 is 1.68. The molecule has 4 nitrogen and oxygen atoms in total. The first-order chi connectivity index (χ1) is 13.2. The Kier molecular flexibility index (Phi) is 7.34. The van der Waals surface area contributed by atoms with E-state index in [1.807, 2.05) is 54.6 Å². The second-order valence-corrected chi connectivity index (χ2v) is 8.03. The second kappa shape index (κ2) is 10.2. The first kappa shape index (κ1) is 19.5. The molecule has 0 atom stereocenters. The number of rotatable bonds is 8. The molecule has 27 heavy (non-hydrogen) atoms. The number of hydrogen-bond acceptors (Lipinski definition) is 3. The van der Waals surface area contributed by atoms with Crippen molar-refractivity contribution < 1.29 is 9.59 Å². The van der Waals surface area contributed by atoms with Gasteiger partial charge in [0.2, 0.25) is 11.8 Å². The van der Waals surface area contributed by atoms with Crippen LogP contribution in [0.15, 0.2) is 59.5 Å². The van der Waals surface area contributed by atoms with Gasteiger partial charge in [0, 0.05) is 35.2 Å². The Morgan fingerprint density at radius 1 is 1.00 bits per heavy atom. The van der Waals surface area contributed by atoms with Gasteiger partial charge in [-0.3, -0.25) is 9.59 Å². The van der Waals surface area contributed by atoms with Crippen LogP contribution in [0.4, 0.5) is 5.69 Å². The van der Waals surface area contributed by atoms with E-state index in [0.29, 0.717) is 13.0 Å². The van der Waals surface area contributed by atoms with Gasteiger partial charge >= 0.3 is 0 Å². The highest BCUT2D eigenvalue weighted by Crippen LogP contribution is 2.26. The largest absolute Gasteiger partial charge is 0.352 e. The molecule has 0 spiro atoms. The molecule has 0 aliphatic heterocycles. The molecule has 2 aromatic rings. The Morgan fingerprint density at radius 3 is 2.56 bits per heavy atom. The molecule has 1 aliphatic rings. The van der Waals surface area contributed by atoms with Crippen LogP contribution in [0.25, 0.3) is 0 Å². The molecule has 0 unspecified atom stereocenters. The molecule has 1 fully saturated rings. The molecule has 0 aromatic heterocycles. The third-order valence-electron chi connectivity index (χ3n) is 4.75. The quantitative estimate of drug-likeness (QED) is 0.655. The topological polar surface area (TPSA) is 58.2 Å². The summed E-state index contributed by atoms with van der Waals surface area (Å²) in [6.07, 6.45) is 4.75. The van der Waals surface area contributed by atoms with Crippen molar-refractivity contribution in [2.75, 3.05) is 11.1 Å². The zero-order valence-electron chi connectivity index (χ0n) is 15.4. The lowest BCUT2D eigenvalue weighted by atomic mass is 10.1. The number of nitrogens with one attached hydrogen (secondary N) is 2. The van der Waals surface area contributed by atoms with Gasteiger partial charge in [-0.05, 0) is 42.7 Å². The zero-order chi connectivity index (χ0) is 18.9. The summed E-state index contributed by atoms with van der Waals surface area (Å²) in [5.74, 6) is 1.06. The maximum atomic E-state index is 12.2. The molecule has 0 saturated heterocycles. The molecule has 1 saturated carbocycles. The number of carbonyl (C=O) groups is 2. The minimum Gasteiger partial charge on any atom is -0.352 e. The van der Waals surface area contributed by atoms with Crippen LogP contribution in [0, 0.1) is 5.92 Å². The van der Waals surface area contributed by atoms with Crippen LogP contribution in [0.1, 0.15) is 37.7 Å². The highest BCUT2D eigenvalue weighted by molar-refractivity contribution is 7.99. The summed E-state index contributed by atoms with van der Waals surface area (Å²) in [6, 6.07) is 17.8. The molecule has 142 valence electrons. The average molecular weight is 383 g/mol. The van der Waals surface area contributed by atoms with E-state index in [2.05, 4.69) is 10.6 Å². The number of amides is 2. The van der Waals surface area contributed by atoms with Crippen molar-refractivity contribution in [2.24, 2.45) is 5.92 Å². The fourth-order valence-corrected chi connectivity index (χ4v) is 4.13. The molecule has 0 radical (unpaired) electrons. The first-order valence-corrected chi connectivity index (χ1v) is 10.5. The van der Waals surface area contributed by atoms with E-state index in [1.165, 1.54) is 4.90 Å². The highest BCUT2D eigenvalue weighted by atomic mass is 32.2. The van der Waals surface area contributed by atoms with E-state index in [1.54, 1.807) is 11.8 Å². The Bertz CT molecular complexity index is 758. The molecule has 2 N–H and O–H groups in total. The summed E-state index contributed by atoms with van der Waals surface area (Å²) in [4.78, 5) is 25.5. The van der Waals surface area contributed by atoms with Crippen molar-refractivity contribution >= 4 is 29.3 Å². The lowest BCUT2D eigenvalue weighted by Crippen LogP contribution is -2.23. The third-order valence-corrected chi connectivity index (χ3v) is 5.76. The van der Waals surface area contributed by atoms with E-state index in [9.17, 15) is 9.59 Å². The molecule has 1 aliphatic carbocycles. The van der Waals surface area contributed by atoms with E-state index in [0.717, 1.165) is 42.7 Å². The Hall–Kier alpha value is -2.27. The molecular formula is C22H26N2O2S. The lowest BCUT2D eigenvalue weighted by molar-refractivity contribution is -0.121. The van der Waals surface area contributed by atoms with Gasteiger partial charge < -0.3 is 10.6 Å². The Morgan fingerprint density at radius 2 is 1.78 bits per heavy atom. The molecule has 3 rings (SSSR count). The summed E-state index contributed by atoms with van der Waals surface area (Å²) < 4.78 is 0. The SMILES string of the molecule is O=C(CCSc1ccccc1)NCc1cccc(NC(=O)C2CCCC2)c1. The van der Waals surface area contributed by atoms with Crippen molar-refractivity contribution in [3.63, 3.8) is 0 Å². The van der Waals surface area contributed by atoms with Gasteiger partial charge in [-0.2, -0.15) is 0 Å². The number of anilines is 1. The molecule has 2 aromatic carbocycles. The molecule has 0 bridgehead atoms. The van der Waals surface area contributed by atoms with Crippen LogP contribution in [-0.4, -0.2) is 17.6 Å². The van der Waals surface area contributed by atoms with E-state index in [4.69, 9.17) is 0 Å². The number of benzene rings is 2. The fourth-order valence-electron chi connectivity index (χ4n) is 3.26. The maximum Gasteiger partial charge on any atom is 0.227 e. The van der Waals surface area contributed by atoms with Gasteiger partial charge in [0.05, 0.1) is 0 Å². The van der Waals surface area contributed by atoms with Crippen molar-refractivity contribution in [1.82, 2.24) is 5.32 Å². The Balaban J connectivity index is 1.41. The van der Waals surface area contributed by atoms with Crippen LogP contribution >= 0.6 is 11.8 Å². The van der Waals surface area contributed by atoms with Crippen LogP contribution in [0.5, 0.6) is 0 Å². The van der Waals surface area contributed by atoms with E-state index in [-0.39, 0.29) is 17.7 Å². The van der Waals surface area contributed by atoms with Crippen LogP contribution in [0.3, 0.4) is 0 Å². The molecule has 5 heteroatoms. The van der Waals surface area contributed by atoms with E-state index < -0.39 is 0 Å². The average Bonchev–Trinajstić information content (AvgIpc) is 3.23. The molecule has 0 heterocycles. The Labute approximate surface area is 165 Å². The van der Waals surface area contributed by atoms with Crippen LogP contribution in [0.2, 0.25) is 0 Å². The number of carbonyl (C=O) groups excluding carboxylic acids is 2. The van der Waals surface area contributed by atoms with Crippen molar-refractivity contribution in [3.05, 3.63) is 60.2 Å². The maximum absolute atomic E-state index is 12.2. The number of hydrogen-bond donors (Lipinski definition) is 2. The second-order valence-electron chi connectivity index (χ2n) is 6.86. The first-order valence-electron chi connectivity index (χ1n) is 9.55. The predicted octanol–water partition coefficient (Wildman–Crippen LogP) is 4.61. The highest BCUT2D eigenvalue weighted by Gasteiger charge is 2.22. The summed E-state index contributed by atoms with van der Waals surface area (Å²) in [7, 11) is 0. The lowest BCUT2D eigenvalue weighted by Gasteiger charge is -2.12. The smallest absolute Gasteiger partial charge is 0.227 e. The van der Waals surface area contributed by atoms with E-state index >= 15 is 0 Å². The minimum absolute atomic E-state index is 0.0406. The van der Waals surface area contributed by atoms with Gasteiger partial charge in [-0.1, -0.05) is 43.2 Å². The van der Waals surface area contributed by atoms with Gasteiger partial charge in [0.15, 0.2) is 0 Å². The van der Waals surface area contributed by atoms with Crippen molar-refractivity contribution in [1.29, 1.82) is 0 Å². The molecular weight excluding hydrogens is 356 g/mol. The monoisotopic (exact) mass is 382 g/mol. The van der Waals surface area contributed by atoms with Gasteiger partial charge in [0.25, 0.3) is 0 Å². The summed E-state index contributed by atoms with van der Waals surface area (Å²) in [6.45, 7) is 0.474. The summed E-state index contributed by atoms with van der Waals surface area (Å²) in [5.41, 5.74) is 1.79. The molecule has 2 amide bonds. The van der Waals surface area contributed by atoms with Gasteiger partial charge in [-0.25, -0.2) is 0 Å². The zero-order valence-corrected chi connectivity index (χ0v) is 16.3. The third kappa shape index (κ3) is 6.43. The van der Waals surface area contributed by atoms with Crippen LogP contribution in [-0.2, 0) is 16.1 Å². The predicted molar refractivity (Wildman–Crippen MR) is 111 cm³/mol. The minimum atomic E-state index is 0.0406. The normalized spacial score (nSPS) is 14.1. The van der Waals surface area contributed by atoms with Gasteiger partial charge in [0.1, 0.15) is 0 Å². The summed E-state index contributed by atoms with van der Waals surface area (Å²) in [5, 5.41) is 5.97. The number of thioether (sulfide) groups is 1. The van der Waals surface area contributed by atoms with Crippen LogP contribution < -0.4 is 10.6 Å². The van der Waals surface area contributed by atoms with Crippen molar-refractivity contribution in [3.8, 4) is 0 Å². The standard InChI is InChI=1S/C22H26N2O2S/c25-21(13-14-27-20-11-2-1-3-12-20)23-16-17-7-6-10-19(15-17)24-22(26)18-8-4-5-9-18/h1-3,6-7,10-12,15,18H,4-5,8-9,13-14,16H2,(H,23,25)(H,24,26).